The molecule has 0 fully saturated rings. The predicted molar refractivity (Wildman–Crippen MR) is 91.5 cm³/mol. The number of fused-ring (bicyclic) bond motifs is 1. The summed E-state index contributed by atoms with van der Waals surface area (Å²) in [5.41, 5.74) is 3.61. The van der Waals surface area contributed by atoms with Crippen LogP contribution < -0.4 is 5.32 Å². The summed E-state index contributed by atoms with van der Waals surface area (Å²) in [6.07, 6.45) is 3.18. The highest BCUT2D eigenvalue weighted by atomic mass is 16.5. The van der Waals surface area contributed by atoms with Gasteiger partial charge in [0, 0.05) is 5.70 Å². The molecule has 3 rings (SSSR count). The van der Waals surface area contributed by atoms with Crippen molar-refractivity contribution in [1.29, 1.82) is 0 Å². The van der Waals surface area contributed by atoms with Gasteiger partial charge in [0.25, 0.3) is 0 Å². The average Bonchev–Trinajstić information content (AvgIpc) is 3.03. The first kappa shape index (κ1) is 16.2. The van der Waals surface area contributed by atoms with Gasteiger partial charge in [0.1, 0.15) is 12.4 Å². The van der Waals surface area contributed by atoms with Crippen molar-refractivity contribution in [3.05, 3.63) is 53.0 Å². The van der Waals surface area contributed by atoms with Gasteiger partial charge in [0.05, 0.1) is 12.2 Å². The van der Waals surface area contributed by atoms with Crippen LogP contribution in [0.5, 0.6) is 0 Å². The quantitative estimate of drug-likeness (QED) is 0.854. The lowest BCUT2D eigenvalue weighted by Gasteiger charge is -2.30. The third-order valence-corrected chi connectivity index (χ3v) is 4.16. The summed E-state index contributed by atoms with van der Waals surface area (Å²) in [7, 11) is 0. The number of aryl methyl sites for hydroxylation is 1. The van der Waals surface area contributed by atoms with E-state index in [-0.39, 0.29) is 12.0 Å². The summed E-state index contributed by atoms with van der Waals surface area (Å²) in [4.78, 5) is 17.0. The number of nitrogens with zero attached hydrogens (tertiary/aromatic N) is 3. The zero-order valence-corrected chi connectivity index (χ0v) is 14.2. The number of nitrogens with one attached hydrogen (secondary N) is 1. The second-order valence-corrected chi connectivity index (χ2v) is 5.78. The molecule has 0 bridgehead atoms. The molecule has 1 unspecified atom stereocenters. The summed E-state index contributed by atoms with van der Waals surface area (Å²) in [5, 5.41) is 7.60. The van der Waals surface area contributed by atoms with Crippen molar-refractivity contribution in [3.8, 4) is 0 Å². The molecule has 6 nitrogen and oxygen atoms in total. The lowest BCUT2D eigenvalue weighted by Crippen LogP contribution is -2.30. The van der Waals surface area contributed by atoms with Gasteiger partial charge in [-0.05, 0) is 31.4 Å². The maximum Gasteiger partial charge on any atom is 0.338 e. The standard InChI is InChI=1S/C18H22N4O2/c1-4-8-14-15(17(23)24-5-2)16(13-10-7-6-9-12(13)3)22-18(21-14)19-11-20-22/h6-7,9-11,16H,4-5,8H2,1-3H3,(H,19,20,21). The van der Waals surface area contributed by atoms with E-state index < -0.39 is 0 Å². The average molecular weight is 326 g/mol. The topological polar surface area (TPSA) is 69.0 Å². The fourth-order valence-corrected chi connectivity index (χ4v) is 3.09. The molecule has 1 aromatic carbocycles. The van der Waals surface area contributed by atoms with E-state index in [2.05, 4.69) is 22.3 Å². The Kier molecular flexibility index (Phi) is 4.64. The van der Waals surface area contributed by atoms with Gasteiger partial charge in [0.15, 0.2) is 0 Å². The van der Waals surface area contributed by atoms with E-state index in [0.29, 0.717) is 18.1 Å². The molecule has 126 valence electrons. The molecule has 1 N–H and O–H groups in total. The molecule has 0 spiro atoms. The first-order chi connectivity index (χ1) is 11.7. The molecular formula is C18H22N4O2. The van der Waals surface area contributed by atoms with Crippen LogP contribution in [0.25, 0.3) is 0 Å². The van der Waals surface area contributed by atoms with Gasteiger partial charge in [-0.25, -0.2) is 9.48 Å². The molecule has 1 aromatic heterocycles. The van der Waals surface area contributed by atoms with Crippen molar-refractivity contribution in [3.63, 3.8) is 0 Å². The van der Waals surface area contributed by atoms with Gasteiger partial charge < -0.3 is 10.1 Å². The summed E-state index contributed by atoms with van der Waals surface area (Å²) >= 11 is 0. The van der Waals surface area contributed by atoms with E-state index in [1.165, 1.54) is 6.33 Å². The third kappa shape index (κ3) is 2.79. The minimum atomic E-state index is -0.328. The molecule has 6 heteroatoms. The Hall–Kier alpha value is -2.63. The van der Waals surface area contributed by atoms with Gasteiger partial charge in [-0.3, -0.25) is 0 Å². The number of benzene rings is 1. The van der Waals surface area contributed by atoms with Crippen molar-refractivity contribution in [2.75, 3.05) is 11.9 Å². The van der Waals surface area contributed by atoms with Gasteiger partial charge in [-0.1, -0.05) is 37.6 Å². The van der Waals surface area contributed by atoms with Gasteiger partial charge in [-0.15, -0.1) is 0 Å². The summed E-state index contributed by atoms with van der Waals surface area (Å²) in [6, 6.07) is 7.70. The fraction of sp³-hybridized carbons (Fsp3) is 0.389. The lowest BCUT2D eigenvalue weighted by molar-refractivity contribution is -0.139. The normalized spacial score (nSPS) is 16.5. The molecule has 0 radical (unpaired) electrons. The Labute approximate surface area is 141 Å². The van der Waals surface area contributed by atoms with Crippen LogP contribution in [0.1, 0.15) is 43.9 Å². The highest BCUT2D eigenvalue weighted by Crippen LogP contribution is 2.37. The Morgan fingerprint density at radius 1 is 1.33 bits per heavy atom. The van der Waals surface area contributed by atoms with E-state index in [0.717, 1.165) is 29.7 Å². The third-order valence-electron chi connectivity index (χ3n) is 4.16. The fourth-order valence-electron chi connectivity index (χ4n) is 3.09. The first-order valence-corrected chi connectivity index (χ1v) is 8.29. The number of esters is 1. The van der Waals surface area contributed by atoms with Crippen molar-refractivity contribution < 1.29 is 9.53 Å². The number of carbonyl (C=O) groups excluding carboxylic acids is 1. The van der Waals surface area contributed by atoms with Crippen LogP contribution in [-0.2, 0) is 9.53 Å². The van der Waals surface area contributed by atoms with Crippen LogP contribution in [0, 0.1) is 6.92 Å². The summed E-state index contributed by atoms with van der Waals surface area (Å²) in [5.74, 6) is 0.350. The number of anilines is 1. The molecule has 1 aliphatic heterocycles. The number of aromatic nitrogens is 3. The number of hydrogen-bond donors (Lipinski definition) is 1. The Balaban J connectivity index is 2.20. The summed E-state index contributed by atoms with van der Waals surface area (Å²) in [6.45, 7) is 6.28. The maximum atomic E-state index is 12.7. The van der Waals surface area contributed by atoms with E-state index in [9.17, 15) is 4.79 Å². The van der Waals surface area contributed by atoms with Crippen LogP contribution in [0.3, 0.4) is 0 Å². The van der Waals surface area contributed by atoms with Gasteiger partial charge >= 0.3 is 5.97 Å². The summed E-state index contributed by atoms with van der Waals surface area (Å²) < 4.78 is 7.10. The number of allylic oxidation sites excluding steroid dienone is 1. The van der Waals surface area contributed by atoms with Crippen LogP contribution in [0.2, 0.25) is 0 Å². The Bertz CT molecular complexity index is 779. The van der Waals surface area contributed by atoms with E-state index in [1.807, 2.05) is 38.1 Å². The first-order valence-electron chi connectivity index (χ1n) is 8.29. The predicted octanol–water partition coefficient (Wildman–Crippen LogP) is 3.22. The molecule has 1 atom stereocenters. The molecule has 0 aliphatic carbocycles. The van der Waals surface area contributed by atoms with Crippen LogP contribution in [-0.4, -0.2) is 27.3 Å². The molecule has 2 aromatic rings. The van der Waals surface area contributed by atoms with Crippen LogP contribution >= 0.6 is 0 Å². The van der Waals surface area contributed by atoms with E-state index in [4.69, 9.17) is 4.74 Å². The smallest absolute Gasteiger partial charge is 0.338 e. The Morgan fingerprint density at radius 3 is 2.83 bits per heavy atom. The Morgan fingerprint density at radius 2 is 2.12 bits per heavy atom. The van der Waals surface area contributed by atoms with Crippen LogP contribution in [0.15, 0.2) is 41.9 Å². The van der Waals surface area contributed by atoms with Crippen molar-refractivity contribution in [1.82, 2.24) is 14.8 Å². The molecule has 0 amide bonds. The number of carbonyl (C=O) groups is 1. The zero-order chi connectivity index (χ0) is 17.1. The highest BCUT2D eigenvalue weighted by Gasteiger charge is 2.35. The second kappa shape index (κ2) is 6.86. The second-order valence-electron chi connectivity index (χ2n) is 5.78. The molecule has 24 heavy (non-hydrogen) atoms. The van der Waals surface area contributed by atoms with E-state index >= 15 is 0 Å². The minimum Gasteiger partial charge on any atom is -0.463 e. The molecular weight excluding hydrogens is 304 g/mol. The van der Waals surface area contributed by atoms with Crippen molar-refractivity contribution in [2.24, 2.45) is 0 Å². The number of hydrogen-bond acceptors (Lipinski definition) is 5. The molecule has 0 saturated heterocycles. The van der Waals surface area contributed by atoms with Gasteiger partial charge in [0.2, 0.25) is 5.95 Å². The zero-order valence-electron chi connectivity index (χ0n) is 14.2. The van der Waals surface area contributed by atoms with Crippen molar-refractivity contribution >= 4 is 11.9 Å². The van der Waals surface area contributed by atoms with E-state index in [1.54, 1.807) is 4.68 Å². The number of ether oxygens (including phenoxy) is 1. The highest BCUT2D eigenvalue weighted by molar-refractivity contribution is 5.92. The SMILES string of the molecule is CCCC1=C(C(=O)OCC)C(c2ccccc2C)n2ncnc2N1. The molecule has 0 saturated carbocycles. The monoisotopic (exact) mass is 326 g/mol. The van der Waals surface area contributed by atoms with Gasteiger partial charge in [-0.2, -0.15) is 10.1 Å². The molecule has 1 aliphatic rings. The lowest BCUT2D eigenvalue weighted by atomic mass is 9.91. The molecule has 2 heterocycles. The van der Waals surface area contributed by atoms with Crippen LogP contribution in [0.4, 0.5) is 5.95 Å². The maximum absolute atomic E-state index is 12.7. The number of rotatable bonds is 5. The van der Waals surface area contributed by atoms with Crippen molar-refractivity contribution in [2.45, 2.75) is 39.7 Å². The minimum absolute atomic E-state index is 0.303. The largest absolute Gasteiger partial charge is 0.463 e.